The van der Waals surface area contributed by atoms with Gasteiger partial charge in [-0.05, 0) is 37.1 Å². The number of nitrogens with zero attached hydrogens (tertiary/aromatic N) is 2. The fraction of sp³-hybridized carbons (Fsp3) is 0.158. The van der Waals surface area contributed by atoms with Crippen molar-refractivity contribution >= 4 is 28.1 Å². The number of carbonyl (C=O) groups excluding carboxylic acids is 1. The largest absolute Gasteiger partial charge is 0.366 e. The van der Waals surface area contributed by atoms with Crippen LogP contribution in [0, 0.1) is 11.3 Å². The number of nitrogens with two attached hydrogens (primary N) is 1. The van der Waals surface area contributed by atoms with Gasteiger partial charge in [0.05, 0.1) is 17.0 Å². The number of nitrogens with one attached hydrogen (secondary N) is 2. The van der Waals surface area contributed by atoms with E-state index in [9.17, 15) is 14.9 Å². The molecule has 0 aliphatic rings. The maximum atomic E-state index is 11.8. The fourth-order valence-corrected chi connectivity index (χ4v) is 3.57. The zero-order valence-electron chi connectivity index (χ0n) is 14.7. The van der Waals surface area contributed by atoms with Crippen LogP contribution in [0.1, 0.15) is 29.8 Å². The molecule has 4 N–H and O–H groups in total. The molecule has 0 saturated carbocycles. The van der Waals surface area contributed by atoms with E-state index < -0.39 is 17.0 Å². The van der Waals surface area contributed by atoms with E-state index in [4.69, 9.17) is 5.73 Å². The number of benzene rings is 1. The number of hydrogen-bond donors (Lipinski definition) is 3. The number of thiophene rings is 1. The lowest BCUT2D eigenvalue weighted by atomic mass is 9.86. The van der Waals surface area contributed by atoms with E-state index in [1.807, 2.05) is 38.1 Å². The average Bonchev–Trinajstić information content (AvgIpc) is 3.06. The molecule has 7 nitrogen and oxygen atoms in total. The Morgan fingerprint density at radius 2 is 2.00 bits per heavy atom. The normalized spacial score (nSPS) is 11.0. The molecule has 0 spiro atoms. The molecule has 3 rings (SSSR count). The Kier molecular flexibility index (Phi) is 4.79. The zero-order valence-corrected chi connectivity index (χ0v) is 15.6. The highest BCUT2D eigenvalue weighted by atomic mass is 32.1. The molecular formula is C19H17N5O2S. The van der Waals surface area contributed by atoms with Gasteiger partial charge in [0.15, 0.2) is 0 Å². The first-order valence-electron chi connectivity index (χ1n) is 8.08. The highest BCUT2D eigenvalue weighted by molar-refractivity contribution is 7.19. The Labute approximate surface area is 159 Å². The molecule has 0 bridgehead atoms. The highest BCUT2D eigenvalue weighted by Gasteiger charge is 2.20. The molecule has 0 radical (unpaired) electrons. The number of H-pyrrole nitrogens is 1. The zero-order chi connectivity index (χ0) is 19.6. The number of anilines is 2. The van der Waals surface area contributed by atoms with Gasteiger partial charge in [-0.25, -0.2) is 9.78 Å². The van der Waals surface area contributed by atoms with Crippen molar-refractivity contribution in [3.05, 3.63) is 64.2 Å². The number of hydrogen-bond acceptors (Lipinski definition) is 6. The van der Waals surface area contributed by atoms with Crippen LogP contribution in [-0.2, 0) is 5.41 Å². The van der Waals surface area contributed by atoms with Gasteiger partial charge in [-0.15, -0.1) is 11.3 Å². The number of carbonyl (C=O) groups is 1. The van der Waals surface area contributed by atoms with Gasteiger partial charge in [0.2, 0.25) is 0 Å². The van der Waals surface area contributed by atoms with Gasteiger partial charge in [0.25, 0.3) is 5.91 Å². The maximum Gasteiger partial charge on any atom is 0.346 e. The minimum Gasteiger partial charge on any atom is -0.366 e. The molecule has 2 heterocycles. The van der Waals surface area contributed by atoms with Gasteiger partial charge in [0.1, 0.15) is 10.8 Å². The monoisotopic (exact) mass is 379 g/mol. The molecule has 1 aromatic carbocycles. The first-order chi connectivity index (χ1) is 12.8. The number of aromatic amines is 1. The molecule has 0 aliphatic carbocycles. The number of primary amides is 1. The lowest BCUT2D eigenvalue weighted by Crippen LogP contribution is -2.13. The molecule has 8 heteroatoms. The van der Waals surface area contributed by atoms with Crippen LogP contribution in [-0.4, -0.2) is 15.9 Å². The van der Waals surface area contributed by atoms with Crippen LogP contribution in [0.3, 0.4) is 0 Å². The Morgan fingerprint density at radius 1 is 1.30 bits per heavy atom. The number of aromatic nitrogens is 2. The molecule has 0 fully saturated rings. The second-order valence-corrected chi connectivity index (χ2v) is 7.50. The van der Waals surface area contributed by atoms with E-state index in [1.54, 1.807) is 12.1 Å². The summed E-state index contributed by atoms with van der Waals surface area (Å²) in [6.07, 6.45) is 1.37. The summed E-state index contributed by atoms with van der Waals surface area (Å²) in [5, 5.41) is 12.8. The highest BCUT2D eigenvalue weighted by Crippen LogP contribution is 2.37. The van der Waals surface area contributed by atoms with E-state index in [0.717, 1.165) is 16.0 Å². The molecule has 0 unspecified atom stereocenters. The van der Waals surface area contributed by atoms with E-state index in [1.165, 1.54) is 17.5 Å². The van der Waals surface area contributed by atoms with E-state index in [-0.39, 0.29) is 0 Å². The lowest BCUT2D eigenvalue weighted by molar-refractivity contribution is 0.100. The molecule has 27 heavy (non-hydrogen) atoms. The Hall–Kier alpha value is -3.44. The van der Waals surface area contributed by atoms with Gasteiger partial charge >= 0.3 is 5.69 Å². The molecule has 1 amide bonds. The van der Waals surface area contributed by atoms with E-state index in [2.05, 4.69) is 21.4 Å². The molecule has 0 atom stereocenters. The number of rotatable bonds is 5. The SMILES string of the molecule is CC(C)(C#N)c1ccc(-c2cc(C(N)=O)c(Nc3ccnc(=O)[nH]3)s2)cc1. The van der Waals surface area contributed by atoms with Crippen LogP contribution < -0.4 is 16.7 Å². The van der Waals surface area contributed by atoms with Crippen LogP contribution in [0.15, 0.2) is 47.4 Å². The molecular weight excluding hydrogens is 362 g/mol. The second kappa shape index (κ2) is 7.05. The minimum atomic E-state index is -0.577. The van der Waals surface area contributed by atoms with Crippen molar-refractivity contribution in [3.8, 4) is 16.5 Å². The first kappa shape index (κ1) is 18.4. The van der Waals surface area contributed by atoms with Crippen molar-refractivity contribution in [2.75, 3.05) is 5.32 Å². The van der Waals surface area contributed by atoms with Crippen LogP contribution in [0.5, 0.6) is 0 Å². The third-order valence-corrected chi connectivity index (χ3v) is 5.19. The Balaban J connectivity index is 1.97. The Bertz CT molecular complexity index is 1090. The number of amides is 1. The van der Waals surface area contributed by atoms with Crippen molar-refractivity contribution in [3.63, 3.8) is 0 Å². The second-order valence-electron chi connectivity index (χ2n) is 6.45. The smallest absolute Gasteiger partial charge is 0.346 e. The summed E-state index contributed by atoms with van der Waals surface area (Å²) in [4.78, 5) is 30.1. The van der Waals surface area contributed by atoms with Crippen molar-refractivity contribution in [1.82, 2.24) is 9.97 Å². The summed E-state index contributed by atoms with van der Waals surface area (Å²) in [5.74, 6) is -0.157. The minimum absolute atomic E-state index is 0.328. The van der Waals surface area contributed by atoms with E-state index >= 15 is 0 Å². The van der Waals surface area contributed by atoms with Gasteiger partial charge in [-0.3, -0.25) is 9.78 Å². The summed E-state index contributed by atoms with van der Waals surface area (Å²) in [6, 6.07) is 13.2. The van der Waals surface area contributed by atoms with Crippen molar-refractivity contribution in [2.45, 2.75) is 19.3 Å². The molecule has 136 valence electrons. The first-order valence-corrected chi connectivity index (χ1v) is 8.90. The summed E-state index contributed by atoms with van der Waals surface area (Å²) in [7, 11) is 0. The predicted octanol–water partition coefficient (Wildman–Crippen LogP) is 3.14. The summed E-state index contributed by atoms with van der Waals surface area (Å²) < 4.78 is 0. The van der Waals surface area contributed by atoms with Crippen molar-refractivity contribution in [1.29, 1.82) is 5.26 Å². The fourth-order valence-electron chi connectivity index (χ4n) is 2.49. The van der Waals surface area contributed by atoms with Gasteiger partial charge in [0, 0.05) is 11.1 Å². The topological polar surface area (TPSA) is 125 Å². The summed E-state index contributed by atoms with van der Waals surface area (Å²) >= 11 is 1.34. The summed E-state index contributed by atoms with van der Waals surface area (Å²) in [5.41, 5.74) is 6.56. The van der Waals surface area contributed by atoms with Gasteiger partial charge < -0.3 is 11.1 Å². The van der Waals surface area contributed by atoms with Crippen molar-refractivity contribution in [2.24, 2.45) is 5.73 Å². The van der Waals surface area contributed by atoms with E-state index in [0.29, 0.717) is 16.4 Å². The third-order valence-electron chi connectivity index (χ3n) is 4.09. The van der Waals surface area contributed by atoms with Crippen molar-refractivity contribution < 1.29 is 4.79 Å². The maximum absolute atomic E-state index is 11.8. The van der Waals surface area contributed by atoms with Crippen LogP contribution in [0.2, 0.25) is 0 Å². The average molecular weight is 379 g/mol. The predicted molar refractivity (Wildman–Crippen MR) is 105 cm³/mol. The van der Waals surface area contributed by atoms with Gasteiger partial charge in [-0.1, -0.05) is 24.3 Å². The Morgan fingerprint density at radius 3 is 2.59 bits per heavy atom. The van der Waals surface area contributed by atoms with Crippen LogP contribution >= 0.6 is 11.3 Å². The lowest BCUT2D eigenvalue weighted by Gasteiger charge is -2.15. The quantitative estimate of drug-likeness (QED) is 0.628. The summed E-state index contributed by atoms with van der Waals surface area (Å²) in [6.45, 7) is 3.71. The molecule has 0 saturated heterocycles. The van der Waals surface area contributed by atoms with Crippen LogP contribution in [0.25, 0.3) is 10.4 Å². The standard InChI is InChI=1S/C19H17N5O2S/c1-19(2,10-20)12-5-3-11(4-6-12)14-9-13(16(21)25)17(27-14)23-15-7-8-22-18(26)24-15/h3-9H,1-2H3,(H2,21,25)(H2,22,23,24,26). The molecule has 0 aliphatic heterocycles. The number of nitriles is 1. The van der Waals surface area contributed by atoms with Crippen LogP contribution in [0.4, 0.5) is 10.8 Å². The van der Waals surface area contributed by atoms with Gasteiger partial charge in [-0.2, -0.15) is 5.26 Å². The molecule has 2 aromatic heterocycles. The third kappa shape index (κ3) is 3.88. The molecule has 3 aromatic rings.